The van der Waals surface area contributed by atoms with Crippen LogP contribution in [0.3, 0.4) is 0 Å². The topological polar surface area (TPSA) is 47.3 Å². The highest BCUT2D eigenvalue weighted by atomic mass is 16.5. The first-order valence-electron chi connectivity index (χ1n) is 7.98. The molecule has 0 spiro atoms. The van der Waals surface area contributed by atoms with E-state index in [-0.39, 0.29) is 11.7 Å². The van der Waals surface area contributed by atoms with Crippen LogP contribution in [0.5, 0.6) is 0 Å². The Morgan fingerprint density at radius 1 is 1.40 bits per heavy atom. The van der Waals surface area contributed by atoms with Gasteiger partial charge in [0.1, 0.15) is 0 Å². The lowest BCUT2D eigenvalue weighted by Gasteiger charge is -2.41. The maximum atomic E-state index is 10.3. The second kappa shape index (κ2) is 5.86. The van der Waals surface area contributed by atoms with Crippen LogP contribution in [0.25, 0.3) is 0 Å². The van der Waals surface area contributed by atoms with Gasteiger partial charge in [-0.2, -0.15) is 5.10 Å². The minimum absolute atomic E-state index is 0.0621. The zero-order valence-corrected chi connectivity index (χ0v) is 12.4. The molecule has 1 aromatic rings. The predicted octanol–water partition coefficient (Wildman–Crippen LogP) is 2.86. The van der Waals surface area contributed by atoms with E-state index in [4.69, 9.17) is 4.74 Å². The summed E-state index contributed by atoms with van der Waals surface area (Å²) in [6.07, 6.45) is 11.6. The van der Waals surface area contributed by atoms with Gasteiger partial charge in [0.15, 0.2) is 0 Å². The van der Waals surface area contributed by atoms with Crippen LogP contribution in [0.1, 0.15) is 63.1 Å². The van der Waals surface area contributed by atoms with Gasteiger partial charge in [0.2, 0.25) is 0 Å². The van der Waals surface area contributed by atoms with Gasteiger partial charge >= 0.3 is 0 Å². The maximum Gasteiger partial charge on any atom is 0.0703 e. The van der Waals surface area contributed by atoms with Crippen molar-refractivity contribution in [3.8, 4) is 0 Å². The molecule has 3 rings (SSSR count). The number of aliphatic hydroxyl groups is 1. The lowest BCUT2D eigenvalue weighted by molar-refractivity contribution is -0.0990. The quantitative estimate of drug-likeness (QED) is 0.870. The number of methoxy groups -OCH3 is 1. The lowest BCUT2D eigenvalue weighted by Crippen LogP contribution is -2.42. The number of aromatic nitrogens is 2. The van der Waals surface area contributed by atoms with E-state index >= 15 is 0 Å². The molecular formula is C16H26N2O2. The highest BCUT2D eigenvalue weighted by Crippen LogP contribution is 2.39. The van der Waals surface area contributed by atoms with E-state index < -0.39 is 0 Å². The van der Waals surface area contributed by atoms with E-state index in [9.17, 15) is 5.11 Å². The Balaban J connectivity index is 1.54. The molecule has 0 saturated heterocycles. The maximum absolute atomic E-state index is 10.3. The van der Waals surface area contributed by atoms with Crippen LogP contribution in [0.15, 0.2) is 12.3 Å². The monoisotopic (exact) mass is 278 g/mol. The summed E-state index contributed by atoms with van der Waals surface area (Å²) in [6.45, 7) is 0. The van der Waals surface area contributed by atoms with Crippen molar-refractivity contribution in [2.24, 2.45) is 0 Å². The summed E-state index contributed by atoms with van der Waals surface area (Å²) in [5.74, 6) is 0. The molecule has 2 aliphatic carbocycles. The summed E-state index contributed by atoms with van der Waals surface area (Å²) in [5, 5.41) is 14.9. The average molecular weight is 278 g/mol. The summed E-state index contributed by atoms with van der Waals surface area (Å²) in [5.41, 5.74) is 0.947. The molecule has 4 heteroatoms. The van der Waals surface area contributed by atoms with E-state index in [1.165, 1.54) is 32.1 Å². The Morgan fingerprint density at radius 3 is 2.75 bits per heavy atom. The first-order valence-corrected chi connectivity index (χ1v) is 7.98. The summed E-state index contributed by atoms with van der Waals surface area (Å²) in [4.78, 5) is 0. The molecule has 0 radical (unpaired) electrons. The smallest absolute Gasteiger partial charge is 0.0703 e. The van der Waals surface area contributed by atoms with E-state index in [0.717, 1.165) is 25.0 Å². The van der Waals surface area contributed by atoms with Gasteiger partial charge in [-0.3, -0.25) is 4.68 Å². The third kappa shape index (κ3) is 2.91. The zero-order valence-electron chi connectivity index (χ0n) is 12.4. The van der Waals surface area contributed by atoms with Crippen molar-refractivity contribution in [1.29, 1.82) is 0 Å². The standard InChI is InChI=1S/C16H26N2O2/c1-20-16(8-4-9-16)12-15(19)11-13-7-10-18(17-13)14-5-2-3-6-14/h7,10,14-15,19H,2-6,8-9,11-12H2,1H3. The molecule has 112 valence electrons. The van der Waals surface area contributed by atoms with Crippen molar-refractivity contribution in [2.75, 3.05) is 7.11 Å². The van der Waals surface area contributed by atoms with Crippen LogP contribution < -0.4 is 0 Å². The van der Waals surface area contributed by atoms with Gasteiger partial charge in [-0.1, -0.05) is 12.8 Å². The first kappa shape index (κ1) is 14.1. The van der Waals surface area contributed by atoms with Crippen molar-refractivity contribution in [3.63, 3.8) is 0 Å². The SMILES string of the molecule is COC1(CC(O)Cc2ccn(C3CCCC3)n2)CCC1. The molecule has 20 heavy (non-hydrogen) atoms. The van der Waals surface area contributed by atoms with Crippen LogP contribution in [-0.2, 0) is 11.2 Å². The molecule has 1 heterocycles. The fourth-order valence-corrected chi connectivity index (χ4v) is 3.66. The minimum Gasteiger partial charge on any atom is -0.393 e. The van der Waals surface area contributed by atoms with Gasteiger partial charge < -0.3 is 9.84 Å². The molecule has 4 nitrogen and oxygen atoms in total. The number of hydrogen-bond acceptors (Lipinski definition) is 3. The summed E-state index contributed by atoms with van der Waals surface area (Å²) >= 11 is 0. The molecule has 2 aliphatic rings. The lowest BCUT2D eigenvalue weighted by atomic mass is 9.75. The van der Waals surface area contributed by atoms with Crippen molar-refractivity contribution in [1.82, 2.24) is 9.78 Å². The molecule has 1 unspecified atom stereocenters. The molecule has 2 fully saturated rings. The van der Waals surface area contributed by atoms with Crippen molar-refractivity contribution in [3.05, 3.63) is 18.0 Å². The Hall–Kier alpha value is -0.870. The van der Waals surface area contributed by atoms with Crippen LogP contribution >= 0.6 is 0 Å². The van der Waals surface area contributed by atoms with Crippen LogP contribution in [0.4, 0.5) is 0 Å². The normalized spacial score (nSPS) is 23.7. The van der Waals surface area contributed by atoms with Crippen molar-refractivity contribution >= 4 is 0 Å². The number of rotatable bonds is 6. The van der Waals surface area contributed by atoms with Crippen LogP contribution in [0, 0.1) is 0 Å². The van der Waals surface area contributed by atoms with Crippen molar-refractivity contribution in [2.45, 2.75) is 75.5 Å². The molecule has 0 amide bonds. The predicted molar refractivity (Wildman–Crippen MR) is 77.7 cm³/mol. The number of aliphatic hydroxyl groups excluding tert-OH is 1. The highest BCUT2D eigenvalue weighted by Gasteiger charge is 2.38. The first-order chi connectivity index (χ1) is 9.71. The van der Waals surface area contributed by atoms with E-state index in [2.05, 4.69) is 22.0 Å². The molecule has 2 saturated carbocycles. The van der Waals surface area contributed by atoms with E-state index in [0.29, 0.717) is 12.5 Å². The third-order valence-electron chi connectivity index (χ3n) is 5.11. The Bertz CT molecular complexity index is 428. The highest BCUT2D eigenvalue weighted by molar-refractivity contribution is 5.03. The summed E-state index contributed by atoms with van der Waals surface area (Å²) in [7, 11) is 1.76. The largest absolute Gasteiger partial charge is 0.393 e. The average Bonchev–Trinajstić information content (AvgIpc) is 3.03. The van der Waals surface area contributed by atoms with Gasteiger partial charge in [0, 0.05) is 26.1 Å². The minimum atomic E-state index is -0.345. The Morgan fingerprint density at radius 2 is 2.15 bits per heavy atom. The zero-order chi connectivity index (χ0) is 14.0. The summed E-state index contributed by atoms with van der Waals surface area (Å²) < 4.78 is 7.68. The fourth-order valence-electron chi connectivity index (χ4n) is 3.66. The van der Waals surface area contributed by atoms with Gasteiger partial charge in [0.05, 0.1) is 23.4 Å². The van der Waals surface area contributed by atoms with E-state index in [1.807, 2.05) is 0 Å². The van der Waals surface area contributed by atoms with Gasteiger partial charge in [-0.25, -0.2) is 0 Å². The second-order valence-corrected chi connectivity index (χ2v) is 6.53. The molecule has 1 aromatic heterocycles. The molecular weight excluding hydrogens is 252 g/mol. The molecule has 1 N–H and O–H groups in total. The van der Waals surface area contributed by atoms with Gasteiger partial charge in [-0.15, -0.1) is 0 Å². The van der Waals surface area contributed by atoms with Crippen molar-refractivity contribution < 1.29 is 9.84 Å². The molecule has 0 aromatic carbocycles. The number of hydrogen-bond donors (Lipinski definition) is 1. The van der Waals surface area contributed by atoms with E-state index in [1.54, 1.807) is 7.11 Å². The molecule has 0 aliphatic heterocycles. The van der Waals surface area contributed by atoms with Crippen LogP contribution in [0.2, 0.25) is 0 Å². The Labute approximate surface area is 121 Å². The Kier molecular flexibility index (Phi) is 4.13. The molecule has 0 bridgehead atoms. The third-order valence-corrected chi connectivity index (χ3v) is 5.11. The summed E-state index contributed by atoms with van der Waals surface area (Å²) in [6, 6.07) is 2.64. The van der Waals surface area contributed by atoms with Gasteiger partial charge in [-0.05, 0) is 38.2 Å². The molecule has 1 atom stereocenters. The second-order valence-electron chi connectivity index (χ2n) is 6.53. The number of nitrogens with zero attached hydrogens (tertiary/aromatic N) is 2. The fraction of sp³-hybridized carbons (Fsp3) is 0.812. The van der Waals surface area contributed by atoms with Crippen LogP contribution in [-0.4, -0.2) is 33.7 Å². The van der Waals surface area contributed by atoms with Gasteiger partial charge in [0.25, 0.3) is 0 Å². The number of ether oxygens (including phenoxy) is 1.